The molecule has 0 atom stereocenters. The molecule has 0 radical (unpaired) electrons. The van der Waals surface area contributed by atoms with Crippen LogP contribution in [0.25, 0.3) is 0 Å². The fourth-order valence-electron chi connectivity index (χ4n) is 1.84. The lowest BCUT2D eigenvalue weighted by atomic mass is 10.2. The molecule has 1 amide bonds. The van der Waals surface area contributed by atoms with Crippen LogP contribution in [0, 0.1) is 6.92 Å². The first kappa shape index (κ1) is 13.7. The molecule has 1 heterocycles. The van der Waals surface area contributed by atoms with Crippen LogP contribution in [-0.4, -0.2) is 28.9 Å². The minimum Gasteiger partial charge on any atom is -0.332 e. The summed E-state index contributed by atoms with van der Waals surface area (Å²) in [5, 5.41) is 2.70. The average molecular weight is 275 g/mol. The lowest BCUT2D eigenvalue weighted by Gasteiger charge is -2.21. The molecular formula is C14H17N3OS. The van der Waals surface area contributed by atoms with Crippen LogP contribution in [0.1, 0.15) is 21.1 Å². The number of aromatic nitrogens is 1. The highest BCUT2D eigenvalue weighted by molar-refractivity contribution is 7.09. The third-order valence-electron chi connectivity index (χ3n) is 2.74. The van der Waals surface area contributed by atoms with Crippen LogP contribution in [0.5, 0.6) is 0 Å². The van der Waals surface area contributed by atoms with Crippen molar-refractivity contribution in [2.24, 2.45) is 5.73 Å². The van der Waals surface area contributed by atoms with Gasteiger partial charge >= 0.3 is 0 Å². The number of carbonyl (C=O) groups is 1. The minimum absolute atomic E-state index is 0.0568. The molecule has 5 heteroatoms. The number of nitrogens with two attached hydrogens (primary N) is 1. The van der Waals surface area contributed by atoms with Gasteiger partial charge in [0.05, 0.1) is 5.01 Å². The fraction of sp³-hybridized carbons (Fsp3) is 0.286. The Hall–Kier alpha value is -1.72. The summed E-state index contributed by atoms with van der Waals surface area (Å²) in [4.78, 5) is 18.3. The molecule has 1 aromatic heterocycles. The van der Waals surface area contributed by atoms with Gasteiger partial charge in [0.25, 0.3) is 5.91 Å². The summed E-state index contributed by atoms with van der Waals surface area (Å²) in [7, 11) is 0. The van der Waals surface area contributed by atoms with E-state index in [2.05, 4.69) is 4.98 Å². The van der Waals surface area contributed by atoms with Crippen molar-refractivity contribution in [3.05, 3.63) is 52.0 Å². The maximum absolute atomic E-state index is 12.4. The van der Waals surface area contributed by atoms with Crippen LogP contribution in [0.3, 0.4) is 0 Å². The first-order chi connectivity index (χ1) is 9.20. The standard InChI is InChI=1S/C14H17N3OS/c1-11-16-13(10-19-11)14(18)17(8-7-15)9-12-5-3-2-4-6-12/h2-6,10H,7-9,15H2,1H3. The van der Waals surface area contributed by atoms with Crippen LogP contribution in [0.4, 0.5) is 0 Å². The Morgan fingerprint density at radius 1 is 1.37 bits per heavy atom. The number of amides is 1. The van der Waals surface area contributed by atoms with Gasteiger partial charge in [-0.15, -0.1) is 11.3 Å². The van der Waals surface area contributed by atoms with Crippen molar-refractivity contribution in [1.82, 2.24) is 9.88 Å². The van der Waals surface area contributed by atoms with Crippen molar-refractivity contribution in [2.45, 2.75) is 13.5 Å². The van der Waals surface area contributed by atoms with Gasteiger partial charge in [0.1, 0.15) is 5.69 Å². The maximum atomic E-state index is 12.4. The molecular weight excluding hydrogens is 258 g/mol. The summed E-state index contributed by atoms with van der Waals surface area (Å²) in [5.74, 6) is -0.0568. The second-order valence-corrected chi connectivity index (χ2v) is 5.31. The lowest BCUT2D eigenvalue weighted by Crippen LogP contribution is -2.35. The van der Waals surface area contributed by atoms with Crippen LogP contribution < -0.4 is 5.73 Å². The van der Waals surface area contributed by atoms with E-state index < -0.39 is 0 Å². The molecule has 0 aliphatic carbocycles. The quantitative estimate of drug-likeness (QED) is 0.908. The van der Waals surface area contributed by atoms with Gasteiger partial charge < -0.3 is 10.6 Å². The van der Waals surface area contributed by atoms with Gasteiger partial charge in [0.2, 0.25) is 0 Å². The molecule has 0 bridgehead atoms. The Balaban J connectivity index is 2.13. The second-order valence-electron chi connectivity index (χ2n) is 4.25. The van der Waals surface area contributed by atoms with E-state index in [0.29, 0.717) is 25.3 Å². The zero-order chi connectivity index (χ0) is 13.7. The summed E-state index contributed by atoms with van der Waals surface area (Å²) >= 11 is 1.48. The van der Waals surface area contributed by atoms with Gasteiger partial charge in [0, 0.05) is 25.0 Å². The molecule has 4 nitrogen and oxygen atoms in total. The Bertz CT molecular complexity index is 539. The topological polar surface area (TPSA) is 59.2 Å². The van der Waals surface area contributed by atoms with Gasteiger partial charge in [-0.2, -0.15) is 0 Å². The van der Waals surface area contributed by atoms with E-state index in [9.17, 15) is 4.79 Å². The van der Waals surface area contributed by atoms with Crippen molar-refractivity contribution in [3.8, 4) is 0 Å². The maximum Gasteiger partial charge on any atom is 0.273 e. The minimum atomic E-state index is -0.0568. The molecule has 1 aromatic carbocycles. The van der Waals surface area contributed by atoms with Gasteiger partial charge in [0.15, 0.2) is 0 Å². The van der Waals surface area contributed by atoms with E-state index in [1.807, 2.05) is 37.3 Å². The van der Waals surface area contributed by atoms with Crippen LogP contribution in [-0.2, 0) is 6.54 Å². The number of hydrogen-bond acceptors (Lipinski definition) is 4. The second kappa shape index (κ2) is 6.45. The van der Waals surface area contributed by atoms with Gasteiger partial charge in [-0.1, -0.05) is 30.3 Å². The number of carbonyl (C=O) groups excluding carboxylic acids is 1. The van der Waals surface area contributed by atoms with E-state index in [4.69, 9.17) is 5.73 Å². The smallest absolute Gasteiger partial charge is 0.273 e. The lowest BCUT2D eigenvalue weighted by molar-refractivity contribution is 0.0743. The highest BCUT2D eigenvalue weighted by Crippen LogP contribution is 2.12. The summed E-state index contributed by atoms with van der Waals surface area (Å²) in [6, 6.07) is 9.90. The van der Waals surface area contributed by atoms with Crippen molar-refractivity contribution in [1.29, 1.82) is 0 Å². The number of nitrogens with zero attached hydrogens (tertiary/aromatic N) is 2. The number of thiazole rings is 1. The van der Waals surface area contributed by atoms with Crippen molar-refractivity contribution in [2.75, 3.05) is 13.1 Å². The SMILES string of the molecule is Cc1nc(C(=O)N(CCN)Cc2ccccc2)cs1. The fourth-order valence-corrected chi connectivity index (χ4v) is 2.42. The zero-order valence-corrected chi connectivity index (χ0v) is 11.7. The van der Waals surface area contributed by atoms with Gasteiger partial charge in [-0.05, 0) is 12.5 Å². The largest absolute Gasteiger partial charge is 0.332 e. The Morgan fingerprint density at radius 3 is 2.68 bits per heavy atom. The first-order valence-corrected chi connectivity index (χ1v) is 7.04. The van der Waals surface area contributed by atoms with Crippen LogP contribution in [0.15, 0.2) is 35.7 Å². The molecule has 19 heavy (non-hydrogen) atoms. The molecule has 0 saturated carbocycles. The Labute approximate surface area is 116 Å². The predicted molar refractivity (Wildman–Crippen MR) is 77.1 cm³/mol. The molecule has 0 saturated heterocycles. The van der Waals surface area contributed by atoms with Crippen molar-refractivity contribution < 1.29 is 4.79 Å². The number of rotatable bonds is 5. The van der Waals surface area contributed by atoms with Gasteiger partial charge in [-0.25, -0.2) is 4.98 Å². The number of benzene rings is 1. The van der Waals surface area contributed by atoms with Crippen molar-refractivity contribution in [3.63, 3.8) is 0 Å². The predicted octanol–water partition coefficient (Wildman–Crippen LogP) is 2.05. The monoisotopic (exact) mass is 275 g/mol. The Kier molecular flexibility index (Phi) is 4.65. The van der Waals surface area contributed by atoms with Crippen molar-refractivity contribution >= 4 is 17.2 Å². The molecule has 0 aliphatic rings. The van der Waals surface area contributed by atoms with E-state index in [0.717, 1.165) is 10.6 Å². The number of aryl methyl sites for hydroxylation is 1. The average Bonchev–Trinajstić information content (AvgIpc) is 2.85. The molecule has 0 fully saturated rings. The molecule has 2 aromatic rings. The normalized spacial score (nSPS) is 10.4. The van der Waals surface area contributed by atoms with E-state index >= 15 is 0 Å². The summed E-state index contributed by atoms with van der Waals surface area (Å²) in [5.41, 5.74) is 7.19. The third kappa shape index (κ3) is 3.62. The molecule has 0 spiro atoms. The summed E-state index contributed by atoms with van der Waals surface area (Å²) in [6.45, 7) is 3.44. The summed E-state index contributed by atoms with van der Waals surface area (Å²) < 4.78 is 0. The highest BCUT2D eigenvalue weighted by atomic mass is 32.1. The van der Waals surface area contributed by atoms with Gasteiger partial charge in [-0.3, -0.25) is 4.79 Å². The number of hydrogen-bond donors (Lipinski definition) is 1. The molecule has 2 rings (SSSR count). The molecule has 0 unspecified atom stereocenters. The van der Waals surface area contributed by atoms with E-state index in [1.54, 1.807) is 10.3 Å². The third-order valence-corrected chi connectivity index (χ3v) is 3.51. The van der Waals surface area contributed by atoms with Crippen LogP contribution >= 0.6 is 11.3 Å². The molecule has 0 aliphatic heterocycles. The highest BCUT2D eigenvalue weighted by Gasteiger charge is 2.17. The molecule has 2 N–H and O–H groups in total. The summed E-state index contributed by atoms with van der Waals surface area (Å²) in [6.07, 6.45) is 0. The van der Waals surface area contributed by atoms with Crippen LogP contribution in [0.2, 0.25) is 0 Å². The van der Waals surface area contributed by atoms with E-state index in [1.165, 1.54) is 11.3 Å². The first-order valence-electron chi connectivity index (χ1n) is 6.16. The molecule has 100 valence electrons. The Morgan fingerprint density at radius 2 is 2.11 bits per heavy atom. The van der Waals surface area contributed by atoms with E-state index in [-0.39, 0.29) is 5.91 Å². The zero-order valence-electron chi connectivity index (χ0n) is 10.9.